The van der Waals surface area contributed by atoms with Crippen LogP contribution < -0.4 is 0 Å². The van der Waals surface area contributed by atoms with Gasteiger partial charge < -0.3 is 5.11 Å². The van der Waals surface area contributed by atoms with Crippen molar-refractivity contribution in [3.8, 4) is 6.07 Å². The van der Waals surface area contributed by atoms with Crippen LogP contribution in [0, 0.1) is 23.1 Å². The molecular formula is C11H11ClFNO. The summed E-state index contributed by atoms with van der Waals surface area (Å²) in [4.78, 5) is 0. The molecule has 80 valence electrons. The van der Waals surface area contributed by atoms with E-state index in [-0.39, 0.29) is 22.9 Å². The standard InChI is InChI=1S/C11H11ClFNO/c1-7(6-14)5-10(15)11-8(12)3-2-4-9(11)13/h2-4,7,10,15H,5H2,1H3. The Balaban J connectivity index is 2.91. The van der Waals surface area contributed by atoms with Crippen molar-refractivity contribution in [1.82, 2.24) is 0 Å². The zero-order valence-corrected chi connectivity index (χ0v) is 9.00. The molecule has 0 radical (unpaired) electrons. The maximum absolute atomic E-state index is 13.3. The highest BCUT2D eigenvalue weighted by molar-refractivity contribution is 6.31. The first-order chi connectivity index (χ1) is 7.06. The van der Waals surface area contributed by atoms with E-state index >= 15 is 0 Å². The van der Waals surface area contributed by atoms with Gasteiger partial charge in [0.05, 0.1) is 12.2 Å². The summed E-state index contributed by atoms with van der Waals surface area (Å²) in [6, 6.07) is 6.20. The minimum atomic E-state index is -1.03. The summed E-state index contributed by atoms with van der Waals surface area (Å²) in [7, 11) is 0. The van der Waals surface area contributed by atoms with E-state index in [1.807, 2.05) is 6.07 Å². The fourth-order valence-electron chi connectivity index (χ4n) is 1.33. The van der Waals surface area contributed by atoms with E-state index < -0.39 is 11.9 Å². The molecule has 4 heteroatoms. The highest BCUT2D eigenvalue weighted by atomic mass is 35.5. The molecule has 0 fully saturated rings. The number of nitrogens with zero attached hydrogens (tertiary/aromatic N) is 1. The SMILES string of the molecule is CC(C#N)CC(O)c1c(F)cccc1Cl. The third kappa shape index (κ3) is 2.92. The van der Waals surface area contributed by atoms with Crippen molar-refractivity contribution in [1.29, 1.82) is 5.26 Å². The molecule has 0 heterocycles. The number of benzene rings is 1. The number of aliphatic hydroxyl groups is 1. The van der Waals surface area contributed by atoms with Crippen LogP contribution in [0.15, 0.2) is 18.2 Å². The van der Waals surface area contributed by atoms with Gasteiger partial charge in [0.25, 0.3) is 0 Å². The summed E-state index contributed by atoms with van der Waals surface area (Å²) in [6.45, 7) is 1.66. The normalized spacial score (nSPS) is 14.3. The molecule has 0 aliphatic carbocycles. The molecule has 1 aromatic carbocycles. The minimum absolute atomic E-state index is 0.0706. The molecule has 15 heavy (non-hydrogen) atoms. The number of hydrogen-bond donors (Lipinski definition) is 1. The average Bonchev–Trinajstić information content (AvgIpc) is 2.17. The molecule has 1 N–H and O–H groups in total. The van der Waals surface area contributed by atoms with E-state index in [1.54, 1.807) is 6.92 Å². The molecule has 2 unspecified atom stereocenters. The lowest BCUT2D eigenvalue weighted by Crippen LogP contribution is -2.05. The summed E-state index contributed by atoms with van der Waals surface area (Å²) in [5, 5.41) is 18.5. The number of rotatable bonds is 3. The van der Waals surface area contributed by atoms with Gasteiger partial charge in [0.15, 0.2) is 0 Å². The van der Waals surface area contributed by atoms with Crippen LogP contribution in [0.25, 0.3) is 0 Å². The molecule has 0 aliphatic rings. The smallest absolute Gasteiger partial charge is 0.130 e. The quantitative estimate of drug-likeness (QED) is 0.863. The maximum atomic E-state index is 13.3. The molecule has 2 atom stereocenters. The van der Waals surface area contributed by atoms with Crippen molar-refractivity contribution in [3.05, 3.63) is 34.6 Å². The summed E-state index contributed by atoms with van der Waals surface area (Å²) in [6.07, 6.45) is -0.856. The van der Waals surface area contributed by atoms with Crippen LogP contribution in [0.5, 0.6) is 0 Å². The van der Waals surface area contributed by atoms with Crippen molar-refractivity contribution in [3.63, 3.8) is 0 Å². The largest absolute Gasteiger partial charge is 0.388 e. The fraction of sp³-hybridized carbons (Fsp3) is 0.364. The first-order valence-electron chi connectivity index (χ1n) is 4.57. The molecule has 0 amide bonds. The van der Waals surface area contributed by atoms with E-state index in [0.717, 1.165) is 0 Å². The molecule has 1 rings (SSSR count). The lowest BCUT2D eigenvalue weighted by atomic mass is 9.99. The van der Waals surface area contributed by atoms with Gasteiger partial charge in [-0.25, -0.2) is 4.39 Å². The predicted molar refractivity (Wildman–Crippen MR) is 55.8 cm³/mol. The summed E-state index contributed by atoms with van der Waals surface area (Å²) in [5.41, 5.74) is 0.0706. The first-order valence-corrected chi connectivity index (χ1v) is 4.95. The van der Waals surface area contributed by atoms with Crippen molar-refractivity contribution >= 4 is 11.6 Å². The van der Waals surface area contributed by atoms with E-state index in [2.05, 4.69) is 0 Å². The van der Waals surface area contributed by atoms with Gasteiger partial charge in [-0.3, -0.25) is 0 Å². The Bertz CT molecular complexity index is 368. The van der Waals surface area contributed by atoms with Crippen LogP contribution in [0.2, 0.25) is 5.02 Å². The van der Waals surface area contributed by atoms with E-state index in [4.69, 9.17) is 16.9 Å². The van der Waals surface area contributed by atoms with Gasteiger partial charge in [0, 0.05) is 16.5 Å². The highest BCUT2D eigenvalue weighted by Gasteiger charge is 2.18. The Labute approximate surface area is 92.9 Å². The van der Waals surface area contributed by atoms with E-state index in [9.17, 15) is 9.50 Å². The van der Waals surface area contributed by atoms with Crippen molar-refractivity contribution in [2.24, 2.45) is 5.92 Å². The second-order valence-corrected chi connectivity index (χ2v) is 3.82. The molecule has 0 aromatic heterocycles. The van der Waals surface area contributed by atoms with Gasteiger partial charge in [0.1, 0.15) is 5.82 Å². The second kappa shape index (κ2) is 5.11. The average molecular weight is 228 g/mol. The fourth-order valence-corrected chi connectivity index (χ4v) is 1.62. The highest BCUT2D eigenvalue weighted by Crippen LogP contribution is 2.29. The van der Waals surface area contributed by atoms with E-state index in [1.165, 1.54) is 18.2 Å². The molecule has 1 aromatic rings. The minimum Gasteiger partial charge on any atom is -0.388 e. The second-order valence-electron chi connectivity index (χ2n) is 3.42. The Hall–Kier alpha value is -1.11. The van der Waals surface area contributed by atoms with Crippen LogP contribution in [0.3, 0.4) is 0 Å². The lowest BCUT2D eigenvalue weighted by Gasteiger charge is -2.14. The summed E-state index contributed by atoms with van der Waals surface area (Å²) in [5.74, 6) is -0.879. The number of halogens is 2. The molecule has 0 saturated carbocycles. The molecule has 0 aliphatic heterocycles. The molecule has 2 nitrogen and oxygen atoms in total. The Morgan fingerprint density at radius 2 is 2.27 bits per heavy atom. The summed E-state index contributed by atoms with van der Waals surface area (Å²) >= 11 is 5.77. The summed E-state index contributed by atoms with van der Waals surface area (Å²) < 4.78 is 13.3. The number of hydrogen-bond acceptors (Lipinski definition) is 2. The topological polar surface area (TPSA) is 44.0 Å². The Morgan fingerprint density at radius 1 is 1.60 bits per heavy atom. The predicted octanol–water partition coefficient (Wildman–Crippen LogP) is 3.06. The Kier molecular flexibility index (Phi) is 4.07. The number of aliphatic hydroxyl groups excluding tert-OH is 1. The van der Waals surface area contributed by atoms with Crippen molar-refractivity contribution < 1.29 is 9.50 Å². The van der Waals surface area contributed by atoms with Gasteiger partial charge in [-0.2, -0.15) is 5.26 Å². The van der Waals surface area contributed by atoms with Gasteiger partial charge in [-0.1, -0.05) is 17.7 Å². The monoisotopic (exact) mass is 227 g/mol. The Morgan fingerprint density at radius 3 is 2.80 bits per heavy atom. The zero-order chi connectivity index (χ0) is 11.4. The van der Waals surface area contributed by atoms with Crippen LogP contribution in [0.1, 0.15) is 25.0 Å². The molecular weight excluding hydrogens is 217 g/mol. The first kappa shape index (κ1) is 12.0. The van der Waals surface area contributed by atoms with Gasteiger partial charge >= 0.3 is 0 Å². The van der Waals surface area contributed by atoms with Crippen LogP contribution in [-0.4, -0.2) is 5.11 Å². The third-order valence-electron chi connectivity index (χ3n) is 2.13. The lowest BCUT2D eigenvalue weighted by molar-refractivity contribution is 0.152. The van der Waals surface area contributed by atoms with Gasteiger partial charge in [0.2, 0.25) is 0 Å². The van der Waals surface area contributed by atoms with Crippen molar-refractivity contribution in [2.45, 2.75) is 19.4 Å². The van der Waals surface area contributed by atoms with Gasteiger partial charge in [-0.05, 0) is 25.5 Å². The molecule has 0 bridgehead atoms. The maximum Gasteiger partial charge on any atom is 0.130 e. The number of nitriles is 1. The van der Waals surface area contributed by atoms with Crippen LogP contribution in [-0.2, 0) is 0 Å². The van der Waals surface area contributed by atoms with Crippen molar-refractivity contribution in [2.75, 3.05) is 0 Å². The van der Waals surface area contributed by atoms with Crippen LogP contribution in [0.4, 0.5) is 4.39 Å². The van der Waals surface area contributed by atoms with Gasteiger partial charge in [-0.15, -0.1) is 0 Å². The molecule has 0 saturated heterocycles. The zero-order valence-electron chi connectivity index (χ0n) is 8.24. The molecule has 0 spiro atoms. The third-order valence-corrected chi connectivity index (χ3v) is 2.46. The van der Waals surface area contributed by atoms with E-state index in [0.29, 0.717) is 0 Å². The van der Waals surface area contributed by atoms with Crippen LogP contribution >= 0.6 is 11.6 Å².